The van der Waals surface area contributed by atoms with E-state index >= 15 is 0 Å². The largest absolute Gasteiger partial charge is 0.272 e. The Morgan fingerprint density at radius 1 is 1.39 bits per heavy atom. The fourth-order valence-electron chi connectivity index (χ4n) is 2.03. The SMILES string of the molecule is Cc1cc(CC(NN)c2ccc(Br)cc2)n(C)n1. The lowest BCUT2D eigenvalue weighted by Gasteiger charge is -2.16. The average Bonchev–Trinajstić information content (AvgIpc) is 2.66. The van der Waals surface area contributed by atoms with Crippen molar-refractivity contribution in [3.63, 3.8) is 0 Å². The average molecular weight is 309 g/mol. The van der Waals surface area contributed by atoms with Gasteiger partial charge >= 0.3 is 0 Å². The first-order valence-electron chi connectivity index (χ1n) is 5.81. The van der Waals surface area contributed by atoms with Crippen LogP contribution < -0.4 is 11.3 Å². The van der Waals surface area contributed by atoms with E-state index in [-0.39, 0.29) is 6.04 Å². The molecule has 18 heavy (non-hydrogen) atoms. The summed E-state index contributed by atoms with van der Waals surface area (Å²) in [6.07, 6.45) is 0.815. The molecular weight excluding hydrogens is 292 g/mol. The molecule has 2 aromatic rings. The van der Waals surface area contributed by atoms with Crippen LogP contribution >= 0.6 is 15.9 Å². The smallest absolute Gasteiger partial charge is 0.0596 e. The number of hydrazine groups is 1. The molecule has 0 aliphatic heterocycles. The quantitative estimate of drug-likeness (QED) is 0.673. The van der Waals surface area contributed by atoms with Crippen LogP contribution in [0.25, 0.3) is 0 Å². The second-order valence-corrected chi connectivity index (χ2v) is 5.29. The van der Waals surface area contributed by atoms with Gasteiger partial charge < -0.3 is 0 Å². The van der Waals surface area contributed by atoms with Gasteiger partial charge in [0.05, 0.1) is 11.7 Å². The number of rotatable bonds is 4. The first-order valence-corrected chi connectivity index (χ1v) is 6.60. The summed E-state index contributed by atoms with van der Waals surface area (Å²) < 4.78 is 2.97. The number of halogens is 1. The van der Waals surface area contributed by atoms with Crippen LogP contribution in [0.3, 0.4) is 0 Å². The van der Waals surface area contributed by atoms with Crippen molar-refractivity contribution in [2.45, 2.75) is 19.4 Å². The molecular formula is C13H17BrN4. The van der Waals surface area contributed by atoms with Gasteiger partial charge in [0.15, 0.2) is 0 Å². The van der Waals surface area contributed by atoms with E-state index in [1.54, 1.807) is 0 Å². The number of aryl methyl sites for hydroxylation is 2. The van der Waals surface area contributed by atoms with E-state index in [1.165, 1.54) is 11.3 Å². The van der Waals surface area contributed by atoms with Crippen molar-refractivity contribution < 1.29 is 0 Å². The van der Waals surface area contributed by atoms with Crippen LogP contribution in [0.15, 0.2) is 34.8 Å². The van der Waals surface area contributed by atoms with E-state index in [1.807, 2.05) is 30.8 Å². The molecule has 1 aromatic heterocycles. The van der Waals surface area contributed by atoms with Crippen LogP contribution in [-0.2, 0) is 13.5 Å². The lowest BCUT2D eigenvalue weighted by Crippen LogP contribution is -2.30. The van der Waals surface area contributed by atoms with Gasteiger partial charge in [-0.25, -0.2) is 0 Å². The third-order valence-electron chi connectivity index (χ3n) is 2.99. The van der Waals surface area contributed by atoms with Crippen LogP contribution in [0.2, 0.25) is 0 Å². The van der Waals surface area contributed by atoms with E-state index in [9.17, 15) is 0 Å². The third-order valence-corrected chi connectivity index (χ3v) is 3.51. The first-order chi connectivity index (χ1) is 8.60. The Labute approximate surface area is 115 Å². The zero-order valence-corrected chi connectivity index (χ0v) is 12.1. The van der Waals surface area contributed by atoms with Crippen LogP contribution in [0.5, 0.6) is 0 Å². The monoisotopic (exact) mass is 308 g/mol. The molecule has 96 valence electrons. The standard InChI is InChI=1S/C13H17BrN4/c1-9-7-12(18(2)17-9)8-13(16-15)10-3-5-11(14)6-4-10/h3-7,13,16H,8,15H2,1-2H3. The van der Waals surface area contributed by atoms with Gasteiger partial charge in [0.2, 0.25) is 0 Å². The molecule has 0 saturated heterocycles. The maximum Gasteiger partial charge on any atom is 0.0596 e. The van der Waals surface area contributed by atoms with Gasteiger partial charge in [-0.1, -0.05) is 28.1 Å². The molecule has 4 nitrogen and oxygen atoms in total. The van der Waals surface area contributed by atoms with Crippen LogP contribution in [0.4, 0.5) is 0 Å². The summed E-state index contributed by atoms with van der Waals surface area (Å²) in [7, 11) is 1.96. The number of nitrogens with two attached hydrogens (primary N) is 1. The summed E-state index contributed by atoms with van der Waals surface area (Å²) in [5, 5.41) is 4.35. The minimum Gasteiger partial charge on any atom is -0.272 e. The molecule has 0 radical (unpaired) electrons. The maximum atomic E-state index is 5.66. The maximum absolute atomic E-state index is 5.66. The fraction of sp³-hybridized carbons (Fsp3) is 0.308. The highest BCUT2D eigenvalue weighted by Gasteiger charge is 2.13. The van der Waals surface area contributed by atoms with Gasteiger partial charge in [0.25, 0.3) is 0 Å². The highest BCUT2D eigenvalue weighted by Crippen LogP contribution is 2.20. The van der Waals surface area contributed by atoms with Gasteiger partial charge in [-0.3, -0.25) is 16.0 Å². The predicted molar refractivity (Wildman–Crippen MR) is 75.9 cm³/mol. The van der Waals surface area contributed by atoms with Crippen LogP contribution in [-0.4, -0.2) is 9.78 Å². The number of benzene rings is 1. The summed E-state index contributed by atoms with van der Waals surface area (Å²) in [6, 6.07) is 10.4. The Morgan fingerprint density at radius 3 is 2.56 bits per heavy atom. The Bertz CT molecular complexity index is 518. The normalized spacial score (nSPS) is 12.7. The van der Waals surface area contributed by atoms with Gasteiger partial charge in [-0.2, -0.15) is 5.10 Å². The van der Waals surface area contributed by atoms with Crippen LogP contribution in [0.1, 0.15) is 23.0 Å². The first kappa shape index (κ1) is 13.3. The van der Waals surface area contributed by atoms with Crippen molar-refractivity contribution >= 4 is 15.9 Å². The van der Waals surface area contributed by atoms with Gasteiger partial charge in [-0.05, 0) is 30.7 Å². The summed E-state index contributed by atoms with van der Waals surface area (Å²) in [5.74, 6) is 5.66. The molecule has 1 atom stereocenters. The molecule has 0 spiro atoms. The number of aromatic nitrogens is 2. The van der Waals surface area contributed by atoms with Crippen LogP contribution in [0, 0.1) is 6.92 Å². The van der Waals surface area contributed by atoms with E-state index in [4.69, 9.17) is 5.84 Å². The van der Waals surface area contributed by atoms with E-state index in [2.05, 4.69) is 44.7 Å². The summed E-state index contributed by atoms with van der Waals surface area (Å²) in [4.78, 5) is 0. The Balaban J connectivity index is 2.19. The molecule has 3 N–H and O–H groups in total. The van der Waals surface area contributed by atoms with Gasteiger partial charge in [0.1, 0.15) is 0 Å². The van der Waals surface area contributed by atoms with Crippen molar-refractivity contribution in [2.75, 3.05) is 0 Å². The third kappa shape index (κ3) is 2.98. The van der Waals surface area contributed by atoms with E-state index in [0.717, 1.165) is 16.6 Å². The minimum atomic E-state index is 0.0906. The van der Waals surface area contributed by atoms with Crippen molar-refractivity contribution in [3.05, 3.63) is 51.8 Å². The van der Waals surface area contributed by atoms with E-state index in [0.29, 0.717) is 0 Å². The molecule has 0 amide bonds. The number of hydrogen-bond acceptors (Lipinski definition) is 3. The second kappa shape index (κ2) is 5.65. The number of nitrogens with one attached hydrogen (secondary N) is 1. The van der Waals surface area contributed by atoms with Gasteiger partial charge in [0, 0.05) is 23.6 Å². The molecule has 1 aromatic carbocycles. The topological polar surface area (TPSA) is 55.9 Å². The van der Waals surface area contributed by atoms with Gasteiger partial charge in [-0.15, -0.1) is 0 Å². The molecule has 1 unspecified atom stereocenters. The zero-order valence-electron chi connectivity index (χ0n) is 10.5. The summed E-state index contributed by atoms with van der Waals surface area (Å²) in [5.41, 5.74) is 6.22. The lowest BCUT2D eigenvalue weighted by atomic mass is 10.0. The number of hydrogen-bond donors (Lipinski definition) is 2. The van der Waals surface area contributed by atoms with Crippen molar-refractivity contribution in [3.8, 4) is 0 Å². The lowest BCUT2D eigenvalue weighted by molar-refractivity contribution is 0.530. The fourth-order valence-corrected chi connectivity index (χ4v) is 2.30. The predicted octanol–water partition coefficient (Wildman–Crippen LogP) is 2.24. The molecule has 0 bridgehead atoms. The van der Waals surface area contributed by atoms with Crippen molar-refractivity contribution in [1.29, 1.82) is 0 Å². The zero-order chi connectivity index (χ0) is 13.1. The summed E-state index contributed by atoms with van der Waals surface area (Å²) >= 11 is 3.43. The molecule has 1 heterocycles. The Morgan fingerprint density at radius 2 is 2.06 bits per heavy atom. The molecule has 0 aliphatic rings. The molecule has 2 rings (SSSR count). The summed E-state index contributed by atoms with van der Waals surface area (Å²) in [6.45, 7) is 1.99. The van der Waals surface area contributed by atoms with Crippen molar-refractivity contribution in [2.24, 2.45) is 12.9 Å². The number of nitrogens with zero attached hydrogens (tertiary/aromatic N) is 2. The molecule has 0 fully saturated rings. The second-order valence-electron chi connectivity index (χ2n) is 4.38. The molecule has 0 saturated carbocycles. The molecule has 5 heteroatoms. The minimum absolute atomic E-state index is 0.0906. The van der Waals surface area contributed by atoms with E-state index < -0.39 is 0 Å². The highest BCUT2D eigenvalue weighted by atomic mass is 79.9. The Kier molecular flexibility index (Phi) is 4.16. The van der Waals surface area contributed by atoms with Crippen molar-refractivity contribution in [1.82, 2.24) is 15.2 Å². The highest BCUT2D eigenvalue weighted by molar-refractivity contribution is 9.10. The Hall–Kier alpha value is -1.17. The molecule has 0 aliphatic carbocycles.